The second-order valence-corrected chi connectivity index (χ2v) is 4.85. The molecule has 0 radical (unpaired) electrons. The van der Waals surface area contributed by atoms with E-state index >= 15 is 0 Å². The first-order valence-corrected chi connectivity index (χ1v) is 6.48. The molecule has 0 bridgehead atoms. The predicted molar refractivity (Wildman–Crippen MR) is 72.7 cm³/mol. The lowest BCUT2D eigenvalue weighted by Crippen LogP contribution is -2.10. The molecule has 0 saturated carbocycles. The van der Waals surface area contributed by atoms with Crippen LogP contribution in [-0.2, 0) is 0 Å². The quantitative estimate of drug-likeness (QED) is 0.837. The fourth-order valence-electron chi connectivity index (χ4n) is 1.66. The first-order valence-electron chi connectivity index (χ1n) is 5.60. The van der Waals surface area contributed by atoms with E-state index in [0.717, 1.165) is 16.3 Å². The van der Waals surface area contributed by atoms with Crippen LogP contribution in [0.15, 0.2) is 47.9 Å². The van der Waals surface area contributed by atoms with Gasteiger partial charge < -0.3 is 10.5 Å². The van der Waals surface area contributed by atoms with Crippen LogP contribution in [0.4, 0.5) is 0 Å². The SMILES string of the molecule is COc1ccccc1C(CN)Sc1cnccn1. The van der Waals surface area contributed by atoms with Gasteiger partial charge in [0.2, 0.25) is 0 Å². The molecule has 0 aliphatic carbocycles. The third-order valence-corrected chi connectivity index (χ3v) is 3.69. The zero-order valence-corrected chi connectivity index (χ0v) is 10.9. The van der Waals surface area contributed by atoms with E-state index < -0.39 is 0 Å². The van der Waals surface area contributed by atoms with Crippen molar-refractivity contribution in [3.63, 3.8) is 0 Å². The van der Waals surface area contributed by atoms with Gasteiger partial charge in [-0.25, -0.2) is 4.98 Å². The highest BCUT2D eigenvalue weighted by Crippen LogP contribution is 2.37. The maximum atomic E-state index is 5.85. The van der Waals surface area contributed by atoms with E-state index in [1.165, 1.54) is 0 Å². The van der Waals surface area contributed by atoms with Crippen molar-refractivity contribution in [2.45, 2.75) is 10.3 Å². The Balaban J connectivity index is 2.23. The van der Waals surface area contributed by atoms with Crippen LogP contribution < -0.4 is 10.5 Å². The number of nitrogens with two attached hydrogens (primary N) is 1. The number of hydrogen-bond donors (Lipinski definition) is 1. The maximum Gasteiger partial charge on any atom is 0.123 e. The van der Waals surface area contributed by atoms with Crippen LogP contribution in [0.3, 0.4) is 0 Å². The minimum absolute atomic E-state index is 0.109. The molecule has 1 heterocycles. The summed E-state index contributed by atoms with van der Waals surface area (Å²) in [4.78, 5) is 8.30. The van der Waals surface area contributed by atoms with Crippen LogP contribution in [0.25, 0.3) is 0 Å². The molecule has 1 aromatic heterocycles. The summed E-state index contributed by atoms with van der Waals surface area (Å²) in [5.74, 6) is 0.851. The second kappa shape index (κ2) is 6.37. The number of rotatable bonds is 5. The smallest absolute Gasteiger partial charge is 0.123 e. The molecule has 1 aromatic carbocycles. The van der Waals surface area contributed by atoms with Gasteiger partial charge in [-0.05, 0) is 6.07 Å². The fraction of sp³-hybridized carbons (Fsp3) is 0.231. The number of aromatic nitrogens is 2. The normalized spacial score (nSPS) is 12.1. The molecular weight excluding hydrogens is 246 g/mol. The zero-order chi connectivity index (χ0) is 12.8. The van der Waals surface area contributed by atoms with Crippen molar-refractivity contribution in [3.8, 4) is 5.75 Å². The molecule has 0 fully saturated rings. The van der Waals surface area contributed by atoms with Gasteiger partial charge in [0.1, 0.15) is 10.8 Å². The minimum atomic E-state index is 0.109. The van der Waals surface area contributed by atoms with Crippen molar-refractivity contribution in [3.05, 3.63) is 48.4 Å². The largest absolute Gasteiger partial charge is 0.496 e. The van der Waals surface area contributed by atoms with Gasteiger partial charge in [0.25, 0.3) is 0 Å². The van der Waals surface area contributed by atoms with Crippen molar-refractivity contribution >= 4 is 11.8 Å². The van der Waals surface area contributed by atoms with Gasteiger partial charge in [-0.2, -0.15) is 0 Å². The van der Waals surface area contributed by atoms with Crippen LogP contribution in [0.1, 0.15) is 10.8 Å². The average Bonchev–Trinajstić information content (AvgIpc) is 2.46. The Hall–Kier alpha value is -1.59. The molecule has 94 valence electrons. The number of hydrogen-bond acceptors (Lipinski definition) is 5. The van der Waals surface area contributed by atoms with Gasteiger partial charge in [-0.1, -0.05) is 30.0 Å². The molecule has 2 N–H and O–H groups in total. The highest BCUT2D eigenvalue weighted by atomic mass is 32.2. The summed E-state index contributed by atoms with van der Waals surface area (Å²) in [5.41, 5.74) is 6.93. The Morgan fingerprint density at radius 2 is 2.17 bits per heavy atom. The summed E-state index contributed by atoms with van der Waals surface area (Å²) in [5, 5.41) is 0.969. The first kappa shape index (κ1) is 12.9. The van der Waals surface area contributed by atoms with Crippen LogP contribution in [0.2, 0.25) is 0 Å². The number of nitrogens with zero attached hydrogens (tertiary/aromatic N) is 2. The standard InChI is InChI=1S/C13H15N3OS/c1-17-11-5-3-2-4-10(11)12(8-14)18-13-9-15-6-7-16-13/h2-7,9,12H,8,14H2,1H3. The average molecular weight is 261 g/mol. The van der Waals surface area contributed by atoms with Crippen molar-refractivity contribution in [1.82, 2.24) is 9.97 Å². The van der Waals surface area contributed by atoms with Gasteiger partial charge in [-0.15, -0.1) is 0 Å². The summed E-state index contributed by atoms with van der Waals surface area (Å²) in [7, 11) is 1.67. The molecular formula is C13H15N3OS. The molecule has 18 heavy (non-hydrogen) atoms. The number of thioether (sulfide) groups is 1. The summed E-state index contributed by atoms with van der Waals surface area (Å²) in [6.45, 7) is 0.515. The number of ether oxygens (including phenoxy) is 1. The topological polar surface area (TPSA) is 61.0 Å². The molecule has 0 amide bonds. The first-order chi connectivity index (χ1) is 8.85. The van der Waals surface area contributed by atoms with E-state index in [0.29, 0.717) is 6.54 Å². The van der Waals surface area contributed by atoms with Crippen molar-refractivity contribution < 1.29 is 4.74 Å². The van der Waals surface area contributed by atoms with E-state index in [1.807, 2.05) is 24.3 Å². The highest BCUT2D eigenvalue weighted by Gasteiger charge is 2.16. The monoisotopic (exact) mass is 261 g/mol. The van der Waals surface area contributed by atoms with E-state index in [2.05, 4.69) is 9.97 Å². The maximum absolute atomic E-state index is 5.85. The number of para-hydroxylation sites is 1. The summed E-state index contributed by atoms with van der Waals surface area (Å²) < 4.78 is 5.36. The Morgan fingerprint density at radius 1 is 1.33 bits per heavy atom. The Morgan fingerprint density at radius 3 is 2.83 bits per heavy atom. The predicted octanol–water partition coefficient (Wildman–Crippen LogP) is 2.28. The molecule has 2 aromatic rings. The molecule has 4 nitrogen and oxygen atoms in total. The lowest BCUT2D eigenvalue weighted by Gasteiger charge is -2.17. The molecule has 0 spiro atoms. The van der Waals surface area contributed by atoms with Gasteiger partial charge in [0.05, 0.1) is 18.6 Å². The highest BCUT2D eigenvalue weighted by molar-refractivity contribution is 7.99. The van der Waals surface area contributed by atoms with Gasteiger partial charge in [0.15, 0.2) is 0 Å². The van der Waals surface area contributed by atoms with Crippen LogP contribution >= 0.6 is 11.8 Å². The van der Waals surface area contributed by atoms with Crippen LogP contribution in [0.5, 0.6) is 5.75 Å². The summed E-state index contributed by atoms with van der Waals surface area (Å²) in [6.07, 6.45) is 5.07. The molecule has 0 aliphatic heterocycles. The minimum Gasteiger partial charge on any atom is -0.496 e. The lowest BCUT2D eigenvalue weighted by atomic mass is 10.1. The van der Waals surface area contributed by atoms with Gasteiger partial charge >= 0.3 is 0 Å². The van der Waals surface area contributed by atoms with E-state index in [9.17, 15) is 0 Å². The molecule has 1 atom stereocenters. The van der Waals surface area contributed by atoms with Crippen LogP contribution in [-0.4, -0.2) is 23.6 Å². The number of benzene rings is 1. The third kappa shape index (κ3) is 3.00. The third-order valence-electron chi connectivity index (χ3n) is 2.50. The van der Waals surface area contributed by atoms with E-state index in [1.54, 1.807) is 37.5 Å². The van der Waals surface area contributed by atoms with Crippen molar-refractivity contribution in [1.29, 1.82) is 0 Å². The van der Waals surface area contributed by atoms with Crippen molar-refractivity contribution in [2.24, 2.45) is 5.73 Å². The lowest BCUT2D eigenvalue weighted by molar-refractivity contribution is 0.409. The van der Waals surface area contributed by atoms with Crippen molar-refractivity contribution in [2.75, 3.05) is 13.7 Å². The summed E-state index contributed by atoms with van der Waals surface area (Å²) >= 11 is 1.59. The fourth-order valence-corrected chi connectivity index (χ4v) is 2.62. The molecule has 2 rings (SSSR count). The number of methoxy groups -OCH3 is 1. The second-order valence-electron chi connectivity index (χ2n) is 3.63. The van der Waals surface area contributed by atoms with Crippen LogP contribution in [0, 0.1) is 0 Å². The molecule has 5 heteroatoms. The molecule has 1 unspecified atom stereocenters. The Kier molecular flexibility index (Phi) is 4.55. The van der Waals surface area contributed by atoms with Gasteiger partial charge in [-0.3, -0.25) is 4.98 Å². The molecule has 0 aliphatic rings. The Labute approximate surface area is 111 Å². The van der Waals surface area contributed by atoms with Gasteiger partial charge in [0, 0.05) is 24.5 Å². The van der Waals surface area contributed by atoms with E-state index in [-0.39, 0.29) is 5.25 Å². The Bertz CT molecular complexity index is 493. The zero-order valence-electron chi connectivity index (χ0n) is 10.1. The summed E-state index contributed by atoms with van der Waals surface area (Å²) in [6, 6.07) is 7.90. The molecule has 0 saturated heterocycles. The van der Waals surface area contributed by atoms with E-state index in [4.69, 9.17) is 10.5 Å².